The minimum absolute atomic E-state index is 0.146. The number of nitrogens with one attached hydrogen (secondary N) is 1. The lowest BCUT2D eigenvalue weighted by Gasteiger charge is -2.40. The van der Waals surface area contributed by atoms with E-state index in [1.54, 1.807) is 0 Å². The van der Waals surface area contributed by atoms with Gasteiger partial charge in [-0.1, -0.05) is 0 Å². The number of rotatable bonds is 5. The molecule has 6 heteroatoms. The average molecular weight is 345 g/mol. The van der Waals surface area contributed by atoms with Crippen LogP contribution in [-0.4, -0.2) is 41.4 Å². The molecule has 5 nitrogen and oxygen atoms in total. The van der Waals surface area contributed by atoms with Crippen molar-refractivity contribution < 1.29 is 9.84 Å². The van der Waals surface area contributed by atoms with Gasteiger partial charge in [0.05, 0.1) is 30.6 Å². The number of thiophene rings is 1. The molecule has 1 saturated carbocycles. The van der Waals surface area contributed by atoms with E-state index in [9.17, 15) is 5.11 Å². The predicted molar refractivity (Wildman–Crippen MR) is 94.9 cm³/mol. The number of hydrogen-bond donors (Lipinski definition) is 2. The monoisotopic (exact) mass is 345 g/mol. The van der Waals surface area contributed by atoms with Crippen LogP contribution >= 0.6 is 11.3 Å². The molecule has 3 aliphatic rings. The number of anilines is 1. The molecular formula is C18H23N3O2S. The topological polar surface area (TPSA) is 67.3 Å². The van der Waals surface area contributed by atoms with Crippen molar-refractivity contribution in [3.05, 3.63) is 16.3 Å². The van der Waals surface area contributed by atoms with Gasteiger partial charge in [-0.25, -0.2) is 9.97 Å². The van der Waals surface area contributed by atoms with Gasteiger partial charge >= 0.3 is 0 Å². The van der Waals surface area contributed by atoms with Gasteiger partial charge in [0, 0.05) is 17.3 Å². The van der Waals surface area contributed by atoms with Crippen LogP contribution in [-0.2, 0) is 17.6 Å². The lowest BCUT2D eigenvalue weighted by Crippen LogP contribution is -2.50. The second-order valence-electron chi connectivity index (χ2n) is 7.60. The molecule has 0 atom stereocenters. The van der Waals surface area contributed by atoms with Gasteiger partial charge < -0.3 is 15.2 Å². The molecule has 5 rings (SSSR count). The number of nitrogens with zero attached hydrogens (tertiary/aromatic N) is 2. The van der Waals surface area contributed by atoms with Crippen molar-refractivity contribution in [1.29, 1.82) is 0 Å². The maximum absolute atomic E-state index is 9.68. The summed E-state index contributed by atoms with van der Waals surface area (Å²) in [6.45, 7) is 2.12. The highest BCUT2D eigenvalue weighted by atomic mass is 32.1. The summed E-state index contributed by atoms with van der Waals surface area (Å²) in [5.41, 5.74) is 1.32. The summed E-state index contributed by atoms with van der Waals surface area (Å²) in [6, 6.07) is 0. The molecule has 2 aliphatic carbocycles. The summed E-state index contributed by atoms with van der Waals surface area (Å²) in [5.74, 6) is 2.54. The lowest BCUT2D eigenvalue weighted by molar-refractivity contribution is -0.128. The van der Waals surface area contributed by atoms with E-state index in [2.05, 4.69) is 5.32 Å². The van der Waals surface area contributed by atoms with Crippen LogP contribution in [0.5, 0.6) is 0 Å². The van der Waals surface area contributed by atoms with Gasteiger partial charge in [0.25, 0.3) is 0 Å². The fourth-order valence-corrected chi connectivity index (χ4v) is 5.01. The van der Waals surface area contributed by atoms with E-state index in [1.807, 2.05) is 11.3 Å². The van der Waals surface area contributed by atoms with Crippen LogP contribution in [0.2, 0.25) is 0 Å². The maximum atomic E-state index is 9.68. The van der Waals surface area contributed by atoms with Crippen LogP contribution in [0.15, 0.2) is 0 Å². The Labute approximate surface area is 145 Å². The smallest absolute Gasteiger partial charge is 0.138 e. The number of fused-ring (bicyclic) bond motifs is 3. The second kappa shape index (κ2) is 5.64. The third-order valence-corrected chi connectivity index (χ3v) is 6.74. The molecule has 2 aromatic heterocycles. The first-order chi connectivity index (χ1) is 11.8. The minimum Gasteiger partial charge on any atom is -0.396 e. The molecule has 1 aliphatic heterocycles. The zero-order valence-electron chi connectivity index (χ0n) is 13.8. The molecular weight excluding hydrogens is 322 g/mol. The number of aromatic nitrogens is 2. The molecule has 0 amide bonds. The quantitative estimate of drug-likeness (QED) is 0.872. The Bertz CT molecular complexity index is 775. The fourth-order valence-electron chi connectivity index (χ4n) is 3.74. The number of ether oxygens (including phenoxy) is 1. The second-order valence-corrected chi connectivity index (χ2v) is 8.68. The third-order valence-electron chi connectivity index (χ3n) is 5.56. The summed E-state index contributed by atoms with van der Waals surface area (Å²) in [5, 5.41) is 14.5. The molecule has 128 valence electrons. The standard InChI is InChI=1S/C18H23N3O2S/c22-8-18(9-23-10-18)7-19-16-14-12-3-1-2-4-13(12)24-17(14)21-15(20-16)11-5-6-11/h11,22H,1-10H2,(H,19,20,21). The molecule has 0 aromatic carbocycles. The van der Waals surface area contributed by atoms with Gasteiger partial charge in [0.1, 0.15) is 16.5 Å². The first-order valence-corrected chi connectivity index (χ1v) is 9.84. The summed E-state index contributed by atoms with van der Waals surface area (Å²) in [7, 11) is 0. The van der Waals surface area contributed by atoms with Crippen molar-refractivity contribution in [1.82, 2.24) is 9.97 Å². The zero-order chi connectivity index (χ0) is 16.1. The third kappa shape index (κ3) is 2.43. The largest absolute Gasteiger partial charge is 0.396 e. The van der Waals surface area contributed by atoms with Crippen molar-refractivity contribution in [3.63, 3.8) is 0 Å². The normalized spacial score (nSPS) is 22.2. The highest BCUT2D eigenvalue weighted by Gasteiger charge is 2.38. The summed E-state index contributed by atoms with van der Waals surface area (Å²) in [6.07, 6.45) is 7.30. The van der Waals surface area contributed by atoms with Crippen LogP contribution in [0.4, 0.5) is 5.82 Å². The SMILES string of the molecule is OCC1(CNc2nc(C3CC3)nc3sc4c(c23)CCCC4)COC1. The van der Waals surface area contributed by atoms with Gasteiger partial charge in [-0.3, -0.25) is 0 Å². The number of aliphatic hydroxyl groups excluding tert-OH is 1. The fraction of sp³-hybridized carbons (Fsp3) is 0.667. The van der Waals surface area contributed by atoms with Crippen LogP contribution in [0.3, 0.4) is 0 Å². The van der Waals surface area contributed by atoms with Crippen molar-refractivity contribution >= 4 is 27.4 Å². The number of aryl methyl sites for hydroxylation is 2. The summed E-state index contributed by atoms with van der Waals surface area (Å²) < 4.78 is 5.32. The van der Waals surface area contributed by atoms with E-state index in [-0.39, 0.29) is 12.0 Å². The van der Waals surface area contributed by atoms with E-state index >= 15 is 0 Å². The molecule has 0 radical (unpaired) electrons. The van der Waals surface area contributed by atoms with Crippen LogP contribution in [0.1, 0.15) is 47.9 Å². The summed E-state index contributed by atoms with van der Waals surface area (Å²) in [4.78, 5) is 12.5. The van der Waals surface area contributed by atoms with E-state index in [0.29, 0.717) is 25.7 Å². The number of hydrogen-bond acceptors (Lipinski definition) is 6. The Hall–Kier alpha value is -1.24. The molecule has 0 unspecified atom stereocenters. The molecule has 0 bridgehead atoms. The Morgan fingerprint density at radius 3 is 2.75 bits per heavy atom. The molecule has 1 saturated heterocycles. The number of aliphatic hydroxyl groups is 1. The highest BCUT2D eigenvalue weighted by Crippen LogP contribution is 2.43. The minimum atomic E-state index is -0.146. The van der Waals surface area contributed by atoms with Crippen molar-refractivity contribution in [2.24, 2.45) is 5.41 Å². The van der Waals surface area contributed by atoms with Crippen LogP contribution in [0.25, 0.3) is 10.2 Å². The maximum Gasteiger partial charge on any atom is 0.138 e. The molecule has 24 heavy (non-hydrogen) atoms. The lowest BCUT2D eigenvalue weighted by atomic mass is 9.87. The van der Waals surface area contributed by atoms with Crippen LogP contribution < -0.4 is 5.32 Å². The van der Waals surface area contributed by atoms with Crippen molar-refractivity contribution in [2.75, 3.05) is 31.7 Å². The Kier molecular flexibility index (Phi) is 3.54. The van der Waals surface area contributed by atoms with E-state index < -0.39 is 0 Å². The van der Waals surface area contributed by atoms with Crippen LogP contribution in [0, 0.1) is 5.41 Å². The van der Waals surface area contributed by atoms with Gasteiger partial charge in [-0.15, -0.1) is 11.3 Å². The van der Waals surface area contributed by atoms with Crippen molar-refractivity contribution in [2.45, 2.75) is 44.4 Å². The predicted octanol–water partition coefficient (Wildman–Crippen LogP) is 2.87. The van der Waals surface area contributed by atoms with Gasteiger partial charge in [0.15, 0.2) is 0 Å². The van der Waals surface area contributed by atoms with Gasteiger partial charge in [-0.05, 0) is 44.1 Å². The molecule has 2 fully saturated rings. The molecule has 3 heterocycles. The molecule has 0 spiro atoms. The Balaban J connectivity index is 1.55. The van der Waals surface area contributed by atoms with E-state index in [4.69, 9.17) is 14.7 Å². The average Bonchev–Trinajstić information content (AvgIpc) is 3.34. The summed E-state index contributed by atoms with van der Waals surface area (Å²) >= 11 is 1.87. The van der Waals surface area contributed by atoms with E-state index in [0.717, 1.165) is 22.9 Å². The zero-order valence-corrected chi connectivity index (χ0v) is 14.6. The van der Waals surface area contributed by atoms with Gasteiger partial charge in [0.2, 0.25) is 0 Å². The first-order valence-electron chi connectivity index (χ1n) is 9.03. The molecule has 2 N–H and O–H groups in total. The van der Waals surface area contributed by atoms with Gasteiger partial charge in [-0.2, -0.15) is 0 Å². The first kappa shape index (κ1) is 15.0. The Morgan fingerprint density at radius 1 is 1.21 bits per heavy atom. The Morgan fingerprint density at radius 2 is 2.04 bits per heavy atom. The van der Waals surface area contributed by atoms with Crippen molar-refractivity contribution in [3.8, 4) is 0 Å². The van der Waals surface area contributed by atoms with E-state index in [1.165, 1.54) is 47.9 Å². The molecule has 2 aromatic rings. The highest BCUT2D eigenvalue weighted by molar-refractivity contribution is 7.19.